The highest BCUT2D eigenvalue weighted by atomic mass is 16.5. The molecule has 3 rings (SSSR count). The predicted octanol–water partition coefficient (Wildman–Crippen LogP) is 2.69. The van der Waals surface area contributed by atoms with Gasteiger partial charge in [-0.3, -0.25) is 9.36 Å². The third kappa shape index (κ3) is 5.42. The van der Waals surface area contributed by atoms with E-state index in [1.165, 1.54) is 4.57 Å². The Bertz CT molecular complexity index is 1240. The average molecular weight is 438 g/mol. The van der Waals surface area contributed by atoms with Crippen LogP contribution in [0.4, 0.5) is 11.6 Å². The maximum Gasteiger partial charge on any atom is 0.355 e. The van der Waals surface area contributed by atoms with Crippen molar-refractivity contribution in [2.24, 2.45) is 0 Å². The summed E-state index contributed by atoms with van der Waals surface area (Å²) in [5.74, 6) is -0.545. The third-order valence-corrected chi connectivity index (χ3v) is 4.70. The number of hydrogen-bond donors (Lipinski definition) is 2. The Kier molecular flexibility index (Phi) is 6.77. The van der Waals surface area contributed by atoms with Crippen LogP contribution >= 0.6 is 0 Å². The maximum atomic E-state index is 13.0. The SMILES string of the molecule is Cc1ccc(Cn2c(Nc3ccc(OC(C)C)c(C)c3)nc(=O)n(CC(=O)O)c2=O)cc1. The Morgan fingerprint density at radius 2 is 1.78 bits per heavy atom. The van der Waals surface area contributed by atoms with Crippen LogP contribution in [-0.2, 0) is 17.9 Å². The predicted molar refractivity (Wildman–Crippen MR) is 121 cm³/mol. The van der Waals surface area contributed by atoms with Gasteiger partial charge in [0.1, 0.15) is 12.3 Å². The fraction of sp³-hybridized carbons (Fsp3) is 0.304. The van der Waals surface area contributed by atoms with Crippen LogP contribution in [0.5, 0.6) is 5.75 Å². The molecule has 32 heavy (non-hydrogen) atoms. The summed E-state index contributed by atoms with van der Waals surface area (Å²) in [6, 6.07) is 12.9. The van der Waals surface area contributed by atoms with Gasteiger partial charge in [-0.05, 0) is 57.0 Å². The van der Waals surface area contributed by atoms with Gasteiger partial charge < -0.3 is 15.2 Å². The number of aliphatic carboxylic acids is 1. The van der Waals surface area contributed by atoms with Crippen molar-refractivity contribution in [3.8, 4) is 5.75 Å². The number of carboxylic acids is 1. The zero-order valence-electron chi connectivity index (χ0n) is 18.5. The van der Waals surface area contributed by atoms with Crippen molar-refractivity contribution in [1.29, 1.82) is 0 Å². The molecule has 1 heterocycles. The standard InChI is InChI=1S/C23H26N4O5/c1-14(2)32-19-10-9-18(11-16(19)4)24-21-25-22(30)27(13-20(28)29)23(31)26(21)12-17-7-5-15(3)6-8-17/h5-11,14H,12-13H2,1-4H3,(H,28,29)(H,24,25,30). The molecule has 2 aromatic carbocycles. The summed E-state index contributed by atoms with van der Waals surface area (Å²) in [4.78, 5) is 40.5. The second kappa shape index (κ2) is 9.51. The van der Waals surface area contributed by atoms with Crippen LogP contribution in [0.3, 0.4) is 0 Å². The molecule has 0 radical (unpaired) electrons. The van der Waals surface area contributed by atoms with Crippen LogP contribution < -0.4 is 21.4 Å². The molecular weight excluding hydrogens is 412 g/mol. The molecule has 0 saturated carbocycles. The lowest BCUT2D eigenvalue weighted by atomic mass is 10.1. The molecule has 0 fully saturated rings. The van der Waals surface area contributed by atoms with Gasteiger partial charge in [-0.2, -0.15) is 4.98 Å². The minimum absolute atomic E-state index is 0.0238. The van der Waals surface area contributed by atoms with E-state index in [4.69, 9.17) is 9.84 Å². The monoisotopic (exact) mass is 438 g/mol. The number of anilines is 2. The highest BCUT2D eigenvalue weighted by molar-refractivity contribution is 5.66. The van der Waals surface area contributed by atoms with Crippen molar-refractivity contribution in [2.75, 3.05) is 5.32 Å². The number of rotatable bonds is 8. The molecule has 0 spiro atoms. The molecule has 9 heteroatoms. The van der Waals surface area contributed by atoms with Crippen LogP contribution in [0.25, 0.3) is 0 Å². The van der Waals surface area contributed by atoms with Gasteiger partial charge in [-0.25, -0.2) is 14.2 Å². The van der Waals surface area contributed by atoms with Gasteiger partial charge in [-0.15, -0.1) is 0 Å². The summed E-state index contributed by atoms with van der Waals surface area (Å²) in [7, 11) is 0. The summed E-state index contributed by atoms with van der Waals surface area (Å²) >= 11 is 0. The molecule has 0 aliphatic rings. The van der Waals surface area contributed by atoms with Crippen molar-refractivity contribution < 1.29 is 14.6 Å². The van der Waals surface area contributed by atoms with E-state index in [1.807, 2.05) is 58.0 Å². The Balaban J connectivity index is 2.04. The van der Waals surface area contributed by atoms with E-state index in [9.17, 15) is 14.4 Å². The second-order valence-corrected chi connectivity index (χ2v) is 7.82. The number of nitrogens with one attached hydrogen (secondary N) is 1. The minimum atomic E-state index is -1.30. The molecule has 0 aliphatic heterocycles. The van der Waals surface area contributed by atoms with Gasteiger partial charge in [0.25, 0.3) is 0 Å². The van der Waals surface area contributed by atoms with Crippen LogP contribution in [0.2, 0.25) is 0 Å². The van der Waals surface area contributed by atoms with Crippen molar-refractivity contribution in [1.82, 2.24) is 14.1 Å². The fourth-order valence-electron chi connectivity index (χ4n) is 3.16. The first-order valence-corrected chi connectivity index (χ1v) is 10.2. The highest BCUT2D eigenvalue weighted by Crippen LogP contribution is 2.24. The molecule has 168 valence electrons. The Morgan fingerprint density at radius 3 is 2.38 bits per heavy atom. The molecule has 1 aromatic heterocycles. The fourth-order valence-corrected chi connectivity index (χ4v) is 3.16. The third-order valence-electron chi connectivity index (χ3n) is 4.70. The van der Waals surface area contributed by atoms with Gasteiger partial charge in [0.05, 0.1) is 12.6 Å². The van der Waals surface area contributed by atoms with Crippen LogP contribution in [0.1, 0.15) is 30.5 Å². The normalized spacial score (nSPS) is 10.9. The number of hydrogen-bond acceptors (Lipinski definition) is 6. The number of carboxylic acid groups (broad SMARTS) is 1. The largest absolute Gasteiger partial charge is 0.491 e. The van der Waals surface area contributed by atoms with E-state index in [-0.39, 0.29) is 18.6 Å². The molecule has 0 atom stereocenters. The Labute approximate surface area is 184 Å². The summed E-state index contributed by atoms with van der Waals surface area (Å²) in [6.07, 6.45) is 0.0238. The molecular formula is C23H26N4O5. The van der Waals surface area contributed by atoms with Crippen molar-refractivity contribution >= 4 is 17.6 Å². The minimum Gasteiger partial charge on any atom is -0.491 e. The molecule has 0 unspecified atom stereocenters. The smallest absolute Gasteiger partial charge is 0.355 e. The number of aryl methyl sites for hydroxylation is 2. The summed E-state index contributed by atoms with van der Waals surface area (Å²) in [5.41, 5.74) is 1.66. The molecule has 3 aromatic rings. The summed E-state index contributed by atoms with van der Waals surface area (Å²) in [5, 5.41) is 12.1. The first kappa shape index (κ1) is 22.8. The highest BCUT2D eigenvalue weighted by Gasteiger charge is 2.16. The number of ether oxygens (including phenoxy) is 1. The number of benzene rings is 2. The van der Waals surface area contributed by atoms with E-state index >= 15 is 0 Å². The van der Waals surface area contributed by atoms with Crippen molar-refractivity contribution in [2.45, 2.75) is 46.9 Å². The van der Waals surface area contributed by atoms with Gasteiger partial charge in [-0.1, -0.05) is 29.8 Å². The van der Waals surface area contributed by atoms with Gasteiger partial charge in [0.15, 0.2) is 0 Å². The number of aromatic nitrogens is 3. The number of nitrogens with zero attached hydrogens (tertiary/aromatic N) is 3. The van der Waals surface area contributed by atoms with Crippen LogP contribution in [-0.4, -0.2) is 31.3 Å². The second-order valence-electron chi connectivity index (χ2n) is 7.82. The van der Waals surface area contributed by atoms with Gasteiger partial charge in [0, 0.05) is 5.69 Å². The zero-order chi connectivity index (χ0) is 23.4. The quantitative estimate of drug-likeness (QED) is 0.555. The number of carbonyl (C=O) groups is 1. The average Bonchev–Trinajstić information content (AvgIpc) is 2.71. The van der Waals surface area contributed by atoms with Gasteiger partial charge >= 0.3 is 17.3 Å². The lowest BCUT2D eigenvalue weighted by Crippen LogP contribution is -2.44. The van der Waals surface area contributed by atoms with E-state index in [2.05, 4.69) is 10.3 Å². The van der Waals surface area contributed by atoms with Gasteiger partial charge in [0.2, 0.25) is 5.95 Å². The topological polar surface area (TPSA) is 115 Å². The molecule has 0 amide bonds. The van der Waals surface area contributed by atoms with Crippen molar-refractivity contribution in [3.63, 3.8) is 0 Å². The van der Waals surface area contributed by atoms with E-state index < -0.39 is 23.9 Å². The Morgan fingerprint density at radius 1 is 1.09 bits per heavy atom. The van der Waals surface area contributed by atoms with E-state index in [0.29, 0.717) is 10.3 Å². The first-order chi connectivity index (χ1) is 15.1. The van der Waals surface area contributed by atoms with Crippen LogP contribution in [0, 0.1) is 13.8 Å². The summed E-state index contributed by atoms with van der Waals surface area (Å²) in [6.45, 7) is 7.06. The molecule has 0 saturated heterocycles. The zero-order valence-corrected chi connectivity index (χ0v) is 18.5. The van der Waals surface area contributed by atoms with E-state index in [0.717, 1.165) is 22.4 Å². The lowest BCUT2D eigenvalue weighted by molar-refractivity contribution is -0.137. The van der Waals surface area contributed by atoms with Crippen LogP contribution in [0.15, 0.2) is 52.1 Å². The Hall–Kier alpha value is -3.88. The molecule has 9 nitrogen and oxygen atoms in total. The van der Waals surface area contributed by atoms with Crippen molar-refractivity contribution in [3.05, 3.63) is 80.1 Å². The maximum absolute atomic E-state index is 13.0. The first-order valence-electron chi connectivity index (χ1n) is 10.2. The molecule has 0 aliphatic carbocycles. The lowest BCUT2D eigenvalue weighted by Gasteiger charge is -2.17. The van der Waals surface area contributed by atoms with E-state index in [1.54, 1.807) is 12.1 Å². The molecule has 0 bridgehead atoms. The summed E-state index contributed by atoms with van der Waals surface area (Å²) < 4.78 is 7.60. The molecule has 2 N–H and O–H groups in total.